The van der Waals surface area contributed by atoms with E-state index in [-0.39, 0.29) is 36.2 Å². The first-order valence-corrected chi connectivity index (χ1v) is 12.3. The number of carbonyl (C=O) groups excluding carboxylic acids is 2. The lowest BCUT2D eigenvalue weighted by atomic mass is 9.98. The van der Waals surface area contributed by atoms with Gasteiger partial charge in [0.2, 0.25) is 0 Å². The van der Waals surface area contributed by atoms with Gasteiger partial charge in [-0.3, -0.25) is 5.32 Å². The zero-order valence-electron chi connectivity index (χ0n) is 20.2. The molecule has 0 fully saturated rings. The number of benzene rings is 2. The summed E-state index contributed by atoms with van der Waals surface area (Å²) in [6.07, 6.45) is -1.06. The zero-order valence-corrected chi connectivity index (χ0v) is 21.0. The number of hydrogen-bond donors (Lipinski definition) is 3. The molecule has 0 aliphatic heterocycles. The van der Waals surface area contributed by atoms with Gasteiger partial charge < -0.3 is 19.9 Å². The van der Waals surface area contributed by atoms with E-state index >= 15 is 0 Å². The number of carbonyl (C=O) groups is 3. The quantitative estimate of drug-likeness (QED) is 0.396. The molecular weight excluding hydrogens is 482 g/mol. The molecule has 1 heterocycles. The molecule has 188 valence electrons. The van der Waals surface area contributed by atoms with E-state index in [0.29, 0.717) is 5.01 Å². The average molecular weight is 510 g/mol. The second kappa shape index (κ2) is 10.4. The molecule has 1 aliphatic rings. The van der Waals surface area contributed by atoms with Crippen LogP contribution in [0.15, 0.2) is 48.5 Å². The maximum atomic E-state index is 12.6. The summed E-state index contributed by atoms with van der Waals surface area (Å²) in [5, 5.41) is 15.2. The molecule has 0 saturated carbocycles. The van der Waals surface area contributed by atoms with E-state index in [4.69, 9.17) is 9.47 Å². The Kier molecular flexibility index (Phi) is 7.25. The molecule has 2 amide bonds. The van der Waals surface area contributed by atoms with E-state index in [1.54, 1.807) is 20.8 Å². The van der Waals surface area contributed by atoms with Gasteiger partial charge in [-0.25, -0.2) is 19.4 Å². The molecule has 36 heavy (non-hydrogen) atoms. The summed E-state index contributed by atoms with van der Waals surface area (Å²) in [5.41, 5.74) is 3.48. The normalized spacial score (nSPS) is 12.4. The van der Waals surface area contributed by atoms with Gasteiger partial charge in [-0.1, -0.05) is 48.5 Å². The third-order valence-corrected chi connectivity index (χ3v) is 6.47. The van der Waals surface area contributed by atoms with E-state index in [2.05, 4.69) is 15.6 Å². The average Bonchev–Trinajstić information content (AvgIpc) is 3.35. The number of anilines is 1. The lowest BCUT2D eigenvalue weighted by Gasteiger charge is -2.19. The fourth-order valence-electron chi connectivity index (χ4n) is 4.01. The summed E-state index contributed by atoms with van der Waals surface area (Å²) in [4.78, 5) is 40.1. The Bertz CT molecular complexity index is 1250. The second-order valence-electron chi connectivity index (χ2n) is 9.22. The second-order valence-corrected chi connectivity index (χ2v) is 10.3. The van der Waals surface area contributed by atoms with Crippen LogP contribution in [0.25, 0.3) is 11.1 Å². The highest BCUT2D eigenvalue weighted by Crippen LogP contribution is 2.44. The molecule has 0 radical (unpaired) electrons. The molecule has 3 N–H and O–H groups in total. The smallest absolute Gasteiger partial charge is 0.412 e. The van der Waals surface area contributed by atoms with Gasteiger partial charge in [-0.05, 0) is 43.0 Å². The molecule has 0 saturated heterocycles. The Hall–Kier alpha value is -3.92. The molecule has 0 atom stereocenters. The maximum absolute atomic E-state index is 12.6. The fraction of sp³-hybridized carbons (Fsp3) is 0.308. The molecule has 10 heteroatoms. The standard InChI is InChI=1S/C26H27N3O6S/c1-26(2,3)35-24(32)27-13-12-20-28-21(23(30)31)22(36-20)29-25(33)34-14-19-17-10-6-4-8-15(17)16-9-5-7-11-18(16)19/h4-11,19H,12-14H2,1-3H3,(H,27,32)(H,29,33)(H,30,31). The van der Waals surface area contributed by atoms with Crippen LogP contribution in [0.1, 0.15) is 53.3 Å². The summed E-state index contributed by atoms with van der Waals surface area (Å²) in [7, 11) is 0. The van der Waals surface area contributed by atoms with Crippen LogP contribution in [0.2, 0.25) is 0 Å². The summed E-state index contributed by atoms with van der Waals surface area (Å²) in [5.74, 6) is -1.38. The zero-order chi connectivity index (χ0) is 25.9. The van der Waals surface area contributed by atoms with E-state index in [0.717, 1.165) is 33.6 Å². The van der Waals surface area contributed by atoms with Crippen LogP contribution in [0, 0.1) is 0 Å². The summed E-state index contributed by atoms with van der Waals surface area (Å²) in [6.45, 7) is 5.58. The minimum Gasteiger partial charge on any atom is -0.476 e. The molecule has 9 nitrogen and oxygen atoms in total. The monoisotopic (exact) mass is 509 g/mol. The number of aromatic nitrogens is 1. The summed E-state index contributed by atoms with van der Waals surface area (Å²) < 4.78 is 10.7. The number of ether oxygens (including phenoxy) is 2. The van der Waals surface area contributed by atoms with Gasteiger partial charge in [0.15, 0.2) is 5.69 Å². The third-order valence-electron chi connectivity index (χ3n) is 5.44. The summed E-state index contributed by atoms with van der Waals surface area (Å²) in [6, 6.07) is 16.0. The summed E-state index contributed by atoms with van der Waals surface area (Å²) >= 11 is 1.02. The highest BCUT2D eigenvalue weighted by Gasteiger charge is 2.29. The maximum Gasteiger partial charge on any atom is 0.412 e. The first-order valence-electron chi connectivity index (χ1n) is 11.4. The molecule has 0 spiro atoms. The van der Waals surface area contributed by atoms with Crippen LogP contribution < -0.4 is 10.6 Å². The number of thiazole rings is 1. The number of amides is 2. The number of nitrogens with one attached hydrogen (secondary N) is 2. The van der Waals surface area contributed by atoms with Gasteiger partial charge in [-0.2, -0.15) is 0 Å². The Labute approximate surface area is 212 Å². The number of fused-ring (bicyclic) bond motifs is 3. The number of carboxylic acid groups (broad SMARTS) is 1. The number of carboxylic acids is 1. The van der Waals surface area contributed by atoms with Gasteiger partial charge in [0.25, 0.3) is 0 Å². The minimum absolute atomic E-state index is 0.0759. The largest absolute Gasteiger partial charge is 0.476 e. The van der Waals surface area contributed by atoms with Crippen molar-refractivity contribution in [3.63, 3.8) is 0 Å². The number of nitrogens with zero attached hydrogens (tertiary/aromatic N) is 1. The Balaban J connectivity index is 1.37. The minimum atomic E-state index is -1.27. The van der Waals surface area contributed by atoms with Crippen molar-refractivity contribution in [2.24, 2.45) is 0 Å². The van der Waals surface area contributed by atoms with E-state index in [9.17, 15) is 19.5 Å². The van der Waals surface area contributed by atoms with Crippen LogP contribution >= 0.6 is 11.3 Å². The van der Waals surface area contributed by atoms with Crippen molar-refractivity contribution >= 4 is 34.5 Å². The number of aromatic carboxylic acids is 1. The van der Waals surface area contributed by atoms with E-state index in [1.807, 2.05) is 48.5 Å². The van der Waals surface area contributed by atoms with Crippen molar-refractivity contribution in [1.82, 2.24) is 10.3 Å². The van der Waals surface area contributed by atoms with E-state index < -0.39 is 23.8 Å². The highest BCUT2D eigenvalue weighted by atomic mass is 32.1. The number of alkyl carbamates (subject to hydrolysis) is 1. The lowest BCUT2D eigenvalue weighted by molar-refractivity contribution is 0.0527. The van der Waals surface area contributed by atoms with Crippen LogP contribution in [0.4, 0.5) is 14.6 Å². The molecule has 0 unspecified atom stereocenters. The first-order chi connectivity index (χ1) is 17.1. The lowest BCUT2D eigenvalue weighted by Crippen LogP contribution is -2.33. The van der Waals surface area contributed by atoms with Crippen molar-refractivity contribution < 1.29 is 29.0 Å². The van der Waals surface area contributed by atoms with Crippen molar-refractivity contribution in [1.29, 1.82) is 0 Å². The van der Waals surface area contributed by atoms with Gasteiger partial charge >= 0.3 is 18.2 Å². The molecule has 4 rings (SSSR count). The third kappa shape index (κ3) is 5.83. The first kappa shape index (κ1) is 25.2. The van der Waals surface area contributed by atoms with Gasteiger partial charge in [0.1, 0.15) is 17.2 Å². The molecule has 1 aliphatic carbocycles. The predicted octanol–water partition coefficient (Wildman–Crippen LogP) is 5.27. The van der Waals surface area contributed by atoms with Gasteiger partial charge in [0, 0.05) is 18.9 Å². The van der Waals surface area contributed by atoms with E-state index in [1.165, 1.54) is 0 Å². The van der Waals surface area contributed by atoms with Crippen molar-refractivity contribution in [3.8, 4) is 11.1 Å². The molecular formula is C26H27N3O6S. The topological polar surface area (TPSA) is 127 Å². The molecule has 2 aromatic carbocycles. The van der Waals surface area contributed by atoms with Crippen LogP contribution in [-0.4, -0.2) is 47.0 Å². The van der Waals surface area contributed by atoms with Gasteiger partial charge in [-0.15, -0.1) is 11.3 Å². The fourth-order valence-corrected chi connectivity index (χ4v) is 4.95. The molecule has 0 bridgehead atoms. The Morgan fingerprint density at radius 3 is 2.19 bits per heavy atom. The van der Waals surface area contributed by atoms with Crippen molar-refractivity contribution in [2.75, 3.05) is 18.5 Å². The molecule has 1 aromatic heterocycles. The van der Waals surface area contributed by atoms with Crippen molar-refractivity contribution in [2.45, 2.75) is 38.7 Å². The molecule has 3 aromatic rings. The number of hydrogen-bond acceptors (Lipinski definition) is 7. The highest BCUT2D eigenvalue weighted by molar-refractivity contribution is 7.16. The van der Waals surface area contributed by atoms with Crippen molar-refractivity contribution in [3.05, 3.63) is 70.4 Å². The predicted molar refractivity (Wildman–Crippen MR) is 136 cm³/mol. The Morgan fingerprint density at radius 2 is 1.61 bits per heavy atom. The SMILES string of the molecule is CC(C)(C)OC(=O)NCCc1nc(C(=O)O)c(NC(=O)OCC2c3ccccc3-c3ccccc32)s1. The Morgan fingerprint density at radius 1 is 1.00 bits per heavy atom. The van der Waals surface area contributed by atoms with Crippen LogP contribution in [-0.2, 0) is 15.9 Å². The number of rotatable bonds is 7. The van der Waals surface area contributed by atoms with Gasteiger partial charge in [0.05, 0.1) is 5.01 Å². The van der Waals surface area contributed by atoms with Crippen LogP contribution in [0.3, 0.4) is 0 Å². The van der Waals surface area contributed by atoms with Crippen LogP contribution in [0.5, 0.6) is 0 Å².